The molecule has 4 heteroatoms. The predicted octanol–water partition coefficient (Wildman–Crippen LogP) is 0.387. The monoisotopic (exact) mass is 185 g/mol. The first-order valence-corrected chi connectivity index (χ1v) is 4.84. The number of hydrogen-bond acceptors (Lipinski definition) is 2. The molecule has 0 aliphatic carbocycles. The molecule has 1 rings (SSSR count). The molecule has 1 saturated heterocycles. The van der Waals surface area contributed by atoms with Crippen LogP contribution in [0, 0.1) is 5.41 Å². The Morgan fingerprint density at radius 2 is 2.38 bits per heavy atom. The number of amides is 2. The maximum absolute atomic E-state index is 11.4. The van der Waals surface area contributed by atoms with Crippen LogP contribution in [0.1, 0.15) is 20.3 Å². The molecule has 0 bridgehead atoms. The smallest absolute Gasteiger partial charge is 0.317 e. The molecular formula is C9H19N3O. The molecule has 1 aliphatic rings. The van der Waals surface area contributed by atoms with Crippen LogP contribution in [-0.4, -0.2) is 37.1 Å². The van der Waals surface area contributed by atoms with Gasteiger partial charge in [-0.2, -0.15) is 0 Å². The molecule has 0 spiro atoms. The Balaban J connectivity index is 2.45. The summed E-state index contributed by atoms with van der Waals surface area (Å²) in [4.78, 5) is 13.3. The van der Waals surface area contributed by atoms with Gasteiger partial charge in [0.1, 0.15) is 0 Å². The summed E-state index contributed by atoms with van der Waals surface area (Å²) in [6.45, 7) is 7.02. The highest BCUT2D eigenvalue weighted by atomic mass is 16.2. The standard InChI is InChI=1S/C9H19N3O/c1-3-11-8(13)12-5-4-9(2,6-10)7-12/h3-7,10H2,1-2H3,(H,11,13). The van der Waals surface area contributed by atoms with Gasteiger partial charge in [0.2, 0.25) is 0 Å². The second-order valence-corrected chi connectivity index (χ2v) is 4.02. The fourth-order valence-corrected chi connectivity index (χ4v) is 1.63. The lowest BCUT2D eigenvalue weighted by Crippen LogP contribution is -2.40. The van der Waals surface area contributed by atoms with Crippen molar-refractivity contribution in [1.29, 1.82) is 0 Å². The Morgan fingerprint density at radius 1 is 1.69 bits per heavy atom. The second kappa shape index (κ2) is 3.96. The number of nitrogens with zero attached hydrogens (tertiary/aromatic N) is 1. The first-order chi connectivity index (χ1) is 6.11. The minimum atomic E-state index is 0.0414. The Bertz CT molecular complexity index is 195. The molecule has 1 heterocycles. The lowest BCUT2D eigenvalue weighted by atomic mass is 9.90. The number of nitrogens with two attached hydrogens (primary N) is 1. The summed E-state index contributed by atoms with van der Waals surface area (Å²) in [5.41, 5.74) is 5.78. The summed E-state index contributed by atoms with van der Waals surface area (Å²) in [5, 5.41) is 2.80. The van der Waals surface area contributed by atoms with E-state index in [2.05, 4.69) is 12.2 Å². The molecule has 76 valence electrons. The van der Waals surface area contributed by atoms with E-state index in [0.717, 1.165) is 19.5 Å². The number of carbonyl (C=O) groups excluding carboxylic acids is 1. The average molecular weight is 185 g/mol. The van der Waals surface area contributed by atoms with Crippen LogP contribution < -0.4 is 11.1 Å². The van der Waals surface area contributed by atoms with Gasteiger partial charge in [-0.1, -0.05) is 6.92 Å². The van der Waals surface area contributed by atoms with E-state index in [1.807, 2.05) is 11.8 Å². The molecule has 1 atom stereocenters. The van der Waals surface area contributed by atoms with Gasteiger partial charge in [0.25, 0.3) is 0 Å². The summed E-state index contributed by atoms with van der Waals surface area (Å²) in [6.07, 6.45) is 1.01. The van der Waals surface area contributed by atoms with Crippen molar-refractivity contribution in [3.05, 3.63) is 0 Å². The van der Waals surface area contributed by atoms with Crippen molar-refractivity contribution in [3.63, 3.8) is 0 Å². The van der Waals surface area contributed by atoms with Crippen molar-refractivity contribution < 1.29 is 4.79 Å². The van der Waals surface area contributed by atoms with Gasteiger partial charge in [-0.05, 0) is 25.3 Å². The zero-order valence-corrected chi connectivity index (χ0v) is 8.47. The summed E-state index contributed by atoms with van der Waals surface area (Å²) in [6, 6.07) is 0.0414. The fraction of sp³-hybridized carbons (Fsp3) is 0.889. The highest BCUT2D eigenvalue weighted by Crippen LogP contribution is 2.28. The zero-order valence-electron chi connectivity index (χ0n) is 8.47. The SMILES string of the molecule is CCNC(=O)N1CCC(C)(CN)C1. The molecule has 0 aromatic rings. The van der Waals surface area contributed by atoms with E-state index in [1.165, 1.54) is 0 Å². The molecular weight excluding hydrogens is 166 g/mol. The Kier molecular flexibility index (Phi) is 3.14. The summed E-state index contributed by atoms with van der Waals surface area (Å²) < 4.78 is 0. The molecule has 0 radical (unpaired) electrons. The second-order valence-electron chi connectivity index (χ2n) is 4.02. The van der Waals surface area contributed by atoms with E-state index in [1.54, 1.807) is 0 Å². The van der Waals surface area contributed by atoms with E-state index in [-0.39, 0.29) is 11.4 Å². The third-order valence-electron chi connectivity index (χ3n) is 2.67. The number of likely N-dealkylation sites (tertiary alicyclic amines) is 1. The molecule has 1 unspecified atom stereocenters. The van der Waals surface area contributed by atoms with Crippen molar-refractivity contribution in [2.45, 2.75) is 20.3 Å². The van der Waals surface area contributed by atoms with E-state index in [9.17, 15) is 4.79 Å². The zero-order chi connectivity index (χ0) is 9.90. The minimum absolute atomic E-state index is 0.0414. The van der Waals surface area contributed by atoms with Crippen molar-refractivity contribution in [2.24, 2.45) is 11.1 Å². The third-order valence-corrected chi connectivity index (χ3v) is 2.67. The van der Waals surface area contributed by atoms with Crippen LogP contribution >= 0.6 is 0 Å². The van der Waals surface area contributed by atoms with Gasteiger partial charge in [0.15, 0.2) is 0 Å². The van der Waals surface area contributed by atoms with Gasteiger partial charge in [-0.15, -0.1) is 0 Å². The largest absolute Gasteiger partial charge is 0.338 e. The number of hydrogen-bond donors (Lipinski definition) is 2. The molecule has 1 fully saturated rings. The van der Waals surface area contributed by atoms with E-state index in [0.29, 0.717) is 13.1 Å². The fourth-order valence-electron chi connectivity index (χ4n) is 1.63. The van der Waals surface area contributed by atoms with Crippen LogP contribution in [0.2, 0.25) is 0 Å². The maximum atomic E-state index is 11.4. The summed E-state index contributed by atoms with van der Waals surface area (Å²) in [5.74, 6) is 0. The Labute approximate surface area is 79.5 Å². The van der Waals surface area contributed by atoms with E-state index < -0.39 is 0 Å². The number of urea groups is 1. The first-order valence-electron chi connectivity index (χ1n) is 4.84. The molecule has 0 aromatic heterocycles. The van der Waals surface area contributed by atoms with Crippen molar-refractivity contribution in [1.82, 2.24) is 10.2 Å². The van der Waals surface area contributed by atoms with Gasteiger partial charge in [0.05, 0.1) is 0 Å². The minimum Gasteiger partial charge on any atom is -0.338 e. The van der Waals surface area contributed by atoms with Crippen molar-refractivity contribution in [2.75, 3.05) is 26.2 Å². The molecule has 13 heavy (non-hydrogen) atoms. The highest BCUT2D eigenvalue weighted by Gasteiger charge is 2.34. The third kappa shape index (κ3) is 2.34. The maximum Gasteiger partial charge on any atom is 0.317 e. The lowest BCUT2D eigenvalue weighted by molar-refractivity contribution is 0.203. The summed E-state index contributed by atoms with van der Waals surface area (Å²) >= 11 is 0. The first kappa shape index (κ1) is 10.3. The molecule has 2 amide bonds. The Morgan fingerprint density at radius 3 is 2.85 bits per heavy atom. The normalized spacial score (nSPS) is 27.8. The predicted molar refractivity (Wildman–Crippen MR) is 52.4 cm³/mol. The van der Waals surface area contributed by atoms with Crippen LogP contribution in [0.15, 0.2) is 0 Å². The highest BCUT2D eigenvalue weighted by molar-refractivity contribution is 5.74. The quantitative estimate of drug-likeness (QED) is 0.653. The molecule has 0 aromatic carbocycles. The van der Waals surface area contributed by atoms with Gasteiger partial charge in [-0.25, -0.2) is 4.79 Å². The number of carbonyl (C=O) groups is 1. The molecule has 1 aliphatic heterocycles. The van der Waals surface area contributed by atoms with Crippen LogP contribution in [-0.2, 0) is 0 Å². The van der Waals surface area contributed by atoms with E-state index in [4.69, 9.17) is 5.73 Å². The summed E-state index contributed by atoms with van der Waals surface area (Å²) in [7, 11) is 0. The van der Waals surface area contributed by atoms with Crippen molar-refractivity contribution >= 4 is 6.03 Å². The number of rotatable bonds is 2. The lowest BCUT2D eigenvalue weighted by Gasteiger charge is -2.22. The molecule has 3 N–H and O–H groups in total. The molecule has 0 saturated carbocycles. The van der Waals surface area contributed by atoms with Gasteiger partial charge in [-0.3, -0.25) is 0 Å². The van der Waals surface area contributed by atoms with Crippen LogP contribution in [0.3, 0.4) is 0 Å². The van der Waals surface area contributed by atoms with Crippen molar-refractivity contribution in [3.8, 4) is 0 Å². The average Bonchev–Trinajstić information content (AvgIpc) is 2.50. The van der Waals surface area contributed by atoms with Gasteiger partial charge >= 0.3 is 6.03 Å². The van der Waals surface area contributed by atoms with Crippen LogP contribution in [0.25, 0.3) is 0 Å². The van der Waals surface area contributed by atoms with E-state index >= 15 is 0 Å². The van der Waals surface area contributed by atoms with Gasteiger partial charge in [0, 0.05) is 19.6 Å². The Hall–Kier alpha value is -0.770. The topological polar surface area (TPSA) is 58.4 Å². The van der Waals surface area contributed by atoms with Crippen LogP contribution in [0.5, 0.6) is 0 Å². The number of nitrogens with one attached hydrogen (secondary N) is 1. The van der Waals surface area contributed by atoms with Crippen LogP contribution in [0.4, 0.5) is 4.79 Å². The van der Waals surface area contributed by atoms with Gasteiger partial charge < -0.3 is 16.0 Å². The molecule has 4 nitrogen and oxygen atoms in total.